The summed E-state index contributed by atoms with van der Waals surface area (Å²) in [5.74, 6) is 0.529. The Hall–Kier alpha value is -1.71. The first-order valence-electron chi connectivity index (χ1n) is 7.59. The van der Waals surface area contributed by atoms with Crippen LogP contribution >= 0.6 is 11.3 Å². The molecule has 0 aliphatic carbocycles. The van der Waals surface area contributed by atoms with E-state index in [2.05, 4.69) is 10.5 Å². The Balaban J connectivity index is 1.83. The number of thiophene rings is 1. The van der Waals surface area contributed by atoms with E-state index in [0.717, 1.165) is 16.1 Å². The third-order valence-corrected chi connectivity index (χ3v) is 7.45. The molecule has 9 heteroatoms. The summed E-state index contributed by atoms with van der Waals surface area (Å²) < 4.78 is 32.5. The van der Waals surface area contributed by atoms with Gasteiger partial charge in [-0.05, 0) is 32.4 Å². The first-order chi connectivity index (χ1) is 11.3. The van der Waals surface area contributed by atoms with Crippen molar-refractivity contribution in [3.63, 3.8) is 0 Å². The SMILES string of the molecule is CC(=O)NC1CCN(S(=O)(=O)c2ccc(-c3c(C)noc3C)s2)C1. The Morgan fingerprint density at radius 3 is 2.79 bits per heavy atom. The smallest absolute Gasteiger partial charge is 0.252 e. The molecular formula is C15H19N3O4S2. The highest BCUT2D eigenvalue weighted by molar-refractivity contribution is 7.91. The van der Waals surface area contributed by atoms with Gasteiger partial charge >= 0.3 is 0 Å². The van der Waals surface area contributed by atoms with Crippen LogP contribution in [0.25, 0.3) is 10.4 Å². The number of sulfonamides is 1. The zero-order chi connectivity index (χ0) is 17.5. The van der Waals surface area contributed by atoms with Gasteiger partial charge in [-0.15, -0.1) is 11.3 Å². The molecule has 1 fully saturated rings. The van der Waals surface area contributed by atoms with Crippen molar-refractivity contribution in [2.45, 2.75) is 37.4 Å². The summed E-state index contributed by atoms with van der Waals surface area (Å²) in [7, 11) is -3.55. The fraction of sp³-hybridized carbons (Fsp3) is 0.467. The second-order valence-electron chi connectivity index (χ2n) is 5.87. The Labute approximate surface area is 144 Å². The van der Waals surface area contributed by atoms with E-state index < -0.39 is 10.0 Å². The minimum atomic E-state index is -3.55. The molecule has 1 unspecified atom stereocenters. The number of carbonyl (C=O) groups is 1. The second kappa shape index (κ2) is 6.30. The lowest BCUT2D eigenvalue weighted by atomic mass is 10.2. The number of nitrogens with one attached hydrogen (secondary N) is 1. The Kier molecular flexibility index (Phi) is 4.50. The number of carbonyl (C=O) groups excluding carboxylic acids is 1. The molecule has 1 atom stereocenters. The van der Waals surface area contributed by atoms with Gasteiger partial charge in [-0.2, -0.15) is 4.31 Å². The average molecular weight is 369 g/mol. The second-order valence-corrected chi connectivity index (χ2v) is 9.12. The Morgan fingerprint density at radius 1 is 1.42 bits per heavy atom. The number of aromatic nitrogens is 1. The maximum Gasteiger partial charge on any atom is 0.252 e. The fourth-order valence-electron chi connectivity index (χ4n) is 2.91. The van der Waals surface area contributed by atoms with Gasteiger partial charge in [-0.3, -0.25) is 4.79 Å². The zero-order valence-electron chi connectivity index (χ0n) is 13.7. The maximum absolute atomic E-state index is 12.8. The molecule has 0 saturated carbocycles. The lowest BCUT2D eigenvalue weighted by Gasteiger charge is -2.15. The van der Waals surface area contributed by atoms with Gasteiger partial charge in [0.25, 0.3) is 10.0 Å². The van der Waals surface area contributed by atoms with Crippen LogP contribution in [0.5, 0.6) is 0 Å². The molecule has 1 amide bonds. The quantitative estimate of drug-likeness (QED) is 0.889. The highest BCUT2D eigenvalue weighted by Crippen LogP contribution is 2.36. The van der Waals surface area contributed by atoms with Gasteiger partial charge in [0.1, 0.15) is 9.97 Å². The summed E-state index contributed by atoms with van der Waals surface area (Å²) in [6.07, 6.45) is 0.626. The topological polar surface area (TPSA) is 92.5 Å². The van der Waals surface area contributed by atoms with E-state index >= 15 is 0 Å². The van der Waals surface area contributed by atoms with E-state index in [1.54, 1.807) is 12.1 Å². The highest BCUT2D eigenvalue weighted by Gasteiger charge is 2.34. The molecule has 1 N–H and O–H groups in total. The van der Waals surface area contributed by atoms with E-state index in [-0.39, 0.29) is 11.9 Å². The van der Waals surface area contributed by atoms with Crippen molar-refractivity contribution in [2.75, 3.05) is 13.1 Å². The summed E-state index contributed by atoms with van der Waals surface area (Å²) in [6.45, 7) is 5.79. The fourth-order valence-corrected chi connectivity index (χ4v) is 6.01. The number of hydrogen-bond acceptors (Lipinski definition) is 6. The largest absolute Gasteiger partial charge is 0.361 e. The van der Waals surface area contributed by atoms with Crippen LogP contribution < -0.4 is 5.32 Å². The predicted octanol–water partition coefficient (Wildman–Crippen LogP) is 1.92. The maximum atomic E-state index is 12.8. The van der Waals surface area contributed by atoms with Crippen molar-refractivity contribution in [1.82, 2.24) is 14.8 Å². The molecule has 0 spiro atoms. The van der Waals surface area contributed by atoms with Crippen molar-refractivity contribution < 1.29 is 17.7 Å². The molecule has 7 nitrogen and oxygen atoms in total. The molecule has 2 aromatic rings. The van der Waals surface area contributed by atoms with Crippen molar-refractivity contribution in [3.05, 3.63) is 23.6 Å². The Bertz CT molecular complexity index is 850. The first-order valence-corrected chi connectivity index (χ1v) is 9.85. The summed E-state index contributed by atoms with van der Waals surface area (Å²) in [5.41, 5.74) is 1.59. The average Bonchev–Trinajstić information content (AvgIpc) is 3.19. The normalized spacial score (nSPS) is 18.9. The lowest BCUT2D eigenvalue weighted by Crippen LogP contribution is -2.37. The van der Waals surface area contributed by atoms with Crippen LogP contribution in [0.3, 0.4) is 0 Å². The van der Waals surface area contributed by atoms with Gasteiger partial charge in [0.15, 0.2) is 0 Å². The number of aryl methyl sites for hydroxylation is 2. The molecule has 0 bridgehead atoms. The Morgan fingerprint density at radius 2 is 2.17 bits per heavy atom. The predicted molar refractivity (Wildman–Crippen MR) is 90.3 cm³/mol. The van der Waals surface area contributed by atoms with Crippen molar-refractivity contribution >= 4 is 27.3 Å². The molecule has 1 aliphatic heterocycles. The van der Waals surface area contributed by atoms with Gasteiger partial charge in [0, 0.05) is 30.9 Å². The van der Waals surface area contributed by atoms with Crippen LogP contribution in [0.2, 0.25) is 0 Å². The summed E-state index contributed by atoms with van der Waals surface area (Å²) in [6, 6.07) is 3.28. The van der Waals surface area contributed by atoms with Crippen LogP contribution in [0, 0.1) is 13.8 Å². The van der Waals surface area contributed by atoms with E-state index in [4.69, 9.17) is 4.52 Å². The molecule has 3 rings (SSSR count). The van der Waals surface area contributed by atoms with Crippen LogP contribution in [0.15, 0.2) is 20.9 Å². The zero-order valence-corrected chi connectivity index (χ0v) is 15.3. The van der Waals surface area contributed by atoms with Gasteiger partial charge in [-0.1, -0.05) is 5.16 Å². The number of rotatable bonds is 4. The van der Waals surface area contributed by atoms with E-state index in [9.17, 15) is 13.2 Å². The van der Waals surface area contributed by atoms with Crippen molar-refractivity contribution in [1.29, 1.82) is 0 Å². The van der Waals surface area contributed by atoms with E-state index in [0.29, 0.717) is 29.5 Å². The van der Waals surface area contributed by atoms with Crippen LogP contribution in [0.1, 0.15) is 24.8 Å². The molecule has 1 saturated heterocycles. The van der Waals surface area contributed by atoms with Crippen molar-refractivity contribution in [2.24, 2.45) is 0 Å². The monoisotopic (exact) mass is 369 g/mol. The van der Waals surface area contributed by atoms with Crippen molar-refractivity contribution in [3.8, 4) is 10.4 Å². The van der Waals surface area contributed by atoms with E-state index in [1.807, 2.05) is 13.8 Å². The molecule has 0 aromatic carbocycles. The van der Waals surface area contributed by atoms with Gasteiger partial charge in [-0.25, -0.2) is 8.42 Å². The standard InChI is InChI=1S/C15H19N3O4S2/c1-9-15(10(2)22-17-9)13-4-5-14(23-13)24(20,21)18-7-6-12(8-18)16-11(3)19/h4-5,12H,6-8H2,1-3H3,(H,16,19). The molecule has 0 radical (unpaired) electrons. The third-order valence-electron chi connectivity index (χ3n) is 4.01. The van der Waals surface area contributed by atoms with Crippen LogP contribution in [0.4, 0.5) is 0 Å². The van der Waals surface area contributed by atoms with E-state index in [1.165, 1.54) is 22.6 Å². The number of nitrogens with zero attached hydrogens (tertiary/aromatic N) is 2. The molecule has 2 aromatic heterocycles. The van der Waals surface area contributed by atoms with Crippen LogP contribution in [-0.4, -0.2) is 42.9 Å². The third kappa shape index (κ3) is 3.11. The number of amides is 1. The molecular weight excluding hydrogens is 350 g/mol. The molecule has 1 aliphatic rings. The highest BCUT2D eigenvalue weighted by atomic mass is 32.2. The molecule has 130 valence electrons. The van der Waals surface area contributed by atoms with Gasteiger partial charge in [0.2, 0.25) is 5.91 Å². The summed E-state index contributed by atoms with van der Waals surface area (Å²) >= 11 is 1.21. The van der Waals surface area contributed by atoms with Gasteiger partial charge in [0.05, 0.1) is 11.3 Å². The lowest BCUT2D eigenvalue weighted by molar-refractivity contribution is -0.119. The molecule has 24 heavy (non-hydrogen) atoms. The summed E-state index contributed by atoms with van der Waals surface area (Å²) in [4.78, 5) is 12.0. The number of hydrogen-bond donors (Lipinski definition) is 1. The minimum absolute atomic E-state index is 0.126. The summed E-state index contributed by atoms with van der Waals surface area (Å²) in [5, 5.41) is 6.69. The first kappa shape index (κ1) is 17.1. The van der Waals surface area contributed by atoms with Gasteiger partial charge < -0.3 is 9.84 Å². The van der Waals surface area contributed by atoms with Crippen LogP contribution in [-0.2, 0) is 14.8 Å². The minimum Gasteiger partial charge on any atom is -0.361 e. The molecule has 3 heterocycles.